The fourth-order valence-corrected chi connectivity index (χ4v) is 2.34. The van der Waals surface area contributed by atoms with E-state index in [1.807, 2.05) is 6.07 Å². The first-order valence-electron chi connectivity index (χ1n) is 7.91. The molecule has 0 amide bonds. The molecule has 3 nitrogen and oxygen atoms in total. The monoisotopic (exact) mass is 384 g/mol. The van der Waals surface area contributed by atoms with Crippen molar-refractivity contribution in [2.24, 2.45) is 0 Å². The molecule has 0 aliphatic heterocycles. The van der Waals surface area contributed by atoms with Crippen molar-refractivity contribution in [2.75, 3.05) is 6.61 Å². The number of alkyl halides is 3. The summed E-state index contributed by atoms with van der Waals surface area (Å²) >= 11 is 5.91. The minimum atomic E-state index is -4.52. The van der Waals surface area contributed by atoms with E-state index in [-0.39, 0.29) is 10.9 Å². The average molecular weight is 385 g/mol. The normalized spacial score (nSPS) is 11.3. The number of aromatic nitrogens is 1. The minimum absolute atomic E-state index is 0.103. The Hall–Kier alpha value is -2.21. The molecular formula is C19H18ClF3NO2. The summed E-state index contributed by atoms with van der Waals surface area (Å²) in [6.45, 7) is 7.88. The van der Waals surface area contributed by atoms with Crippen molar-refractivity contribution in [3.63, 3.8) is 0 Å². The SMILES string of the molecule is [CH2]CCc1ccc(OCCC=C)cc1Oc1ncc(C(F)(F)F)cc1Cl. The largest absolute Gasteiger partial charge is 0.493 e. The topological polar surface area (TPSA) is 31.4 Å². The van der Waals surface area contributed by atoms with E-state index in [0.717, 1.165) is 11.6 Å². The Balaban J connectivity index is 2.28. The molecule has 0 atom stereocenters. The van der Waals surface area contributed by atoms with Gasteiger partial charge in [-0.15, -0.1) is 6.58 Å². The predicted octanol–water partition coefficient (Wildman–Crippen LogP) is 6.27. The molecule has 0 saturated heterocycles. The number of hydrogen-bond acceptors (Lipinski definition) is 3. The molecule has 0 fully saturated rings. The lowest BCUT2D eigenvalue weighted by Gasteiger charge is -2.14. The van der Waals surface area contributed by atoms with Gasteiger partial charge in [-0.25, -0.2) is 4.98 Å². The molecule has 7 heteroatoms. The van der Waals surface area contributed by atoms with Crippen LogP contribution in [0.3, 0.4) is 0 Å². The van der Waals surface area contributed by atoms with Crippen LogP contribution >= 0.6 is 11.6 Å². The number of halogens is 4. The number of benzene rings is 1. The van der Waals surface area contributed by atoms with Gasteiger partial charge in [-0.3, -0.25) is 0 Å². The lowest BCUT2D eigenvalue weighted by atomic mass is 10.1. The molecule has 2 rings (SSSR count). The maximum Gasteiger partial charge on any atom is 0.417 e. The van der Waals surface area contributed by atoms with E-state index in [9.17, 15) is 13.2 Å². The Morgan fingerprint density at radius 1 is 1.23 bits per heavy atom. The van der Waals surface area contributed by atoms with Gasteiger partial charge in [0.1, 0.15) is 16.5 Å². The smallest absolute Gasteiger partial charge is 0.417 e. The molecule has 1 aromatic carbocycles. The summed E-state index contributed by atoms with van der Waals surface area (Å²) in [5.74, 6) is 0.879. The first-order chi connectivity index (χ1) is 12.3. The van der Waals surface area contributed by atoms with Crippen LogP contribution < -0.4 is 9.47 Å². The molecule has 0 aliphatic carbocycles. The maximum atomic E-state index is 12.7. The predicted molar refractivity (Wildman–Crippen MR) is 94.8 cm³/mol. The van der Waals surface area contributed by atoms with E-state index in [1.54, 1.807) is 18.2 Å². The van der Waals surface area contributed by atoms with Crippen LogP contribution in [-0.4, -0.2) is 11.6 Å². The standard InChI is InChI=1S/C19H18ClF3NO2/c1-3-5-9-25-15-8-7-13(6-4-2)17(11-15)26-18-16(20)10-14(12-24-18)19(21,22)23/h3,7-8,10-12H,1-2,4-6,9H2. The van der Waals surface area contributed by atoms with Crippen molar-refractivity contribution >= 4 is 11.6 Å². The summed E-state index contributed by atoms with van der Waals surface area (Å²) in [5, 5.41) is -0.224. The fraction of sp³-hybridized carbons (Fsp3) is 0.263. The van der Waals surface area contributed by atoms with Crippen LogP contribution in [0.4, 0.5) is 13.2 Å². The van der Waals surface area contributed by atoms with Crippen molar-refractivity contribution in [1.29, 1.82) is 0 Å². The van der Waals surface area contributed by atoms with Gasteiger partial charge < -0.3 is 9.47 Å². The lowest BCUT2D eigenvalue weighted by molar-refractivity contribution is -0.137. The first kappa shape index (κ1) is 20.1. The van der Waals surface area contributed by atoms with E-state index < -0.39 is 11.7 Å². The Bertz CT molecular complexity index is 763. The molecule has 0 bridgehead atoms. The van der Waals surface area contributed by atoms with Gasteiger partial charge >= 0.3 is 6.18 Å². The Kier molecular flexibility index (Phi) is 6.91. The molecule has 2 aromatic rings. The second kappa shape index (κ2) is 8.94. The molecule has 0 aliphatic rings. The third-order valence-corrected chi connectivity index (χ3v) is 3.69. The second-order valence-electron chi connectivity index (χ2n) is 5.41. The van der Waals surface area contributed by atoms with E-state index in [4.69, 9.17) is 21.1 Å². The van der Waals surface area contributed by atoms with Crippen molar-refractivity contribution in [2.45, 2.75) is 25.4 Å². The minimum Gasteiger partial charge on any atom is -0.493 e. The third kappa shape index (κ3) is 5.39. The molecule has 0 saturated carbocycles. The molecule has 0 unspecified atom stereocenters. The quantitative estimate of drug-likeness (QED) is 0.397. The lowest BCUT2D eigenvalue weighted by Crippen LogP contribution is -2.06. The van der Waals surface area contributed by atoms with Crippen molar-refractivity contribution in [1.82, 2.24) is 4.98 Å². The zero-order valence-corrected chi connectivity index (χ0v) is 14.7. The van der Waals surface area contributed by atoms with Gasteiger partial charge in [-0.2, -0.15) is 13.2 Å². The van der Waals surface area contributed by atoms with Gasteiger partial charge in [-0.05, 0) is 37.0 Å². The van der Waals surface area contributed by atoms with Crippen molar-refractivity contribution < 1.29 is 22.6 Å². The Morgan fingerprint density at radius 3 is 2.62 bits per heavy atom. The van der Waals surface area contributed by atoms with Gasteiger partial charge in [0.15, 0.2) is 0 Å². The fourth-order valence-electron chi connectivity index (χ4n) is 2.14. The summed E-state index contributed by atoms with van der Waals surface area (Å²) < 4.78 is 49.4. The third-order valence-electron chi connectivity index (χ3n) is 3.42. The van der Waals surface area contributed by atoms with Gasteiger partial charge in [-0.1, -0.05) is 30.7 Å². The summed E-state index contributed by atoms with van der Waals surface area (Å²) in [4.78, 5) is 3.70. The highest BCUT2D eigenvalue weighted by molar-refractivity contribution is 6.31. The van der Waals surface area contributed by atoms with E-state index in [0.29, 0.717) is 43.6 Å². The highest BCUT2D eigenvalue weighted by Crippen LogP contribution is 2.36. The van der Waals surface area contributed by atoms with E-state index in [2.05, 4.69) is 18.5 Å². The zero-order valence-electron chi connectivity index (χ0n) is 14.0. The summed E-state index contributed by atoms with van der Waals surface area (Å²) in [6, 6.07) is 6.06. The number of hydrogen-bond donors (Lipinski definition) is 0. The van der Waals surface area contributed by atoms with Crippen molar-refractivity contribution in [3.05, 3.63) is 66.2 Å². The van der Waals surface area contributed by atoms with Crippen LogP contribution in [0.5, 0.6) is 17.4 Å². The van der Waals surface area contributed by atoms with Crippen LogP contribution in [0.25, 0.3) is 0 Å². The molecule has 1 radical (unpaired) electrons. The Morgan fingerprint density at radius 2 is 2.00 bits per heavy atom. The summed E-state index contributed by atoms with van der Waals surface area (Å²) in [6.07, 6.45) is -0.162. The molecule has 1 heterocycles. The van der Waals surface area contributed by atoms with Gasteiger partial charge in [0.2, 0.25) is 5.88 Å². The molecular weight excluding hydrogens is 367 g/mol. The molecule has 26 heavy (non-hydrogen) atoms. The zero-order chi connectivity index (χ0) is 19.2. The summed E-state index contributed by atoms with van der Waals surface area (Å²) in [5.41, 5.74) is -0.108. The molecule has 1 aromatic heterocycles. The van der Waals surface area contributed by atoms with Gasteiger partial charge in [0, 0.05) is 12.3 Å². The highest BCUT2D eigenvalue weighted by atomic mass is 35.5. The molecule has 0 N–H and O–H groups in total. The number of aryl methyl sites for hydroxylation is 1. The van der Waals surface area contributed by atoms with Crippen LogP contribution in [0, 0.1) is 6.92 Å². The van der Waals surface area contributed by atoms with Crippen LogP contribution in [-0.2, 0) is 12.6 Å². The van der Waals surface area contributed by atoms with Crippen molar-refractivity contribution in [3.8, 4) is 17.4 Å². The van der Waals surface area contributed by atoms with E-state index >= 15 is 0 Å². The van der Waals surface area contributed by atoms with Gasteiger partial charge in [0.25, 0.3) is 0 Å². The number of nitrogens with zero attached hydrogens (tertiary/aromatic N) is 1. The average Bonchev–Trinajstić information content (AvgIpc) is 2.58. The maximum absolute atomic E-state index is 12.7. The van der Waals surface area contributed by atoms with Crippen LogP contribution in [0.2, 0.25) is 5.02 Å². The van der Waals surface area contributed by atoms with Crippen LogP contribution in [0.15, 0.2) is 43.1 Å². The summed E-state index contributed by atoms with van der Waals surface area (Å²) in [7, 11) is 0. The van der Waals surface area contributed by atoms with Gasteiger partial charge in [0.05, 0.1) is 12.2 Å². The number of ether oxygens (including phenoxy) is 2. The highest BCUT2D eigenvalue weighted by Gasteiger charge is 2.31. The number of rotatable bonds is 8. The molecule has 0 spiro atoms. The Labute approximate surface area is 155 Å². The first-order valence-corrected chi connectivity index (χ1v) is 8.29. The molecule has 139 valence electrons. The van der Waals surface area contributed by atoms with E-state index in [1.165, 1.54) is 0 Å². The van der Waals surface area contributed by atoms with Crippen LogP contribution in [0.1, 0.15) is 24.0 Å². The second-order valence-corrected chi connectivity index (χ2v) is 5.82. The number of pyridine rings is 1.